The summed E-state index contributed by atoms with van der Waals surface area (Å²) >= 11 is 1.18. The molecule has 0 spiro atoms. The maximum absolute atomic E-state index is 13.4. The van der Waals surface area contributed by atoms with Crippen LogP contribution in [0.4, 0.5) is 9.52 Å². The Hall–Kier alpha value is -3.15. The average molecular weight is 500 g/mol. The molecule has 0 bridgehead atoms. The molecule has 0 radical (unpaired) electrons. The second kappa shape index (κ2) is 12.0. The number of nitrogens with zero attached hydrogens (tertiary/aromatic N) is 6. The molecule has 1 fully saturated rings. The summed E-state index contributed by atoms with van der Waals surface area (Å²) in [5.74, 6) is -0.640. The first-order chi connectivity index (χ1) is 17.0. The third-order valence-electron chi connectivity index (χ3n) is 5.90. The van der Waals surface area contributed by atoms with Gasteiger partial charge in [0.2, 0.25) is 5.91 Å². The Labute approximate surface area is 208 Å². The minimum absolute atomic E-state index is 0.0967. The van der Waals surface area contributed by atoms with E-state index in [4.69, 9.17) is 0 Å². The molecule has 186 valence electrons. The molecule has 1 saturated heterocycles. The highest BCUT2D eigenvalue weighted by molar-refractivity contribution is 7.17. The number of halogens is 1. The zero-order chi connectivity index (χ0) is 24.6. The van der Waals surface area contributed by atoms with Crippen LogP contribution in [0.15, 0.2) is 49.2 Å². The molecule has 1 aliphatic rings. The Morgan fingerprint density at radius 2 is 1.94 bits per heavy atom. The molecule has 0 unspecified atom stereocenters. The van der Waals surface area contributed by atoms with Gasteiger partial charge in [-0.1, -0.05) is 23.5 Å². The van der Waals surface area contributed by atoms with Gasteiger partial charge in [0.1, 0.15) is 10.7 Å². The van der Waals surface area contributed by atoms with Crippen molar-refractivity contribution < 1.29 is 14.0 Å². The Morgan fingerprint density at radius 3 is 2.66 bits per heavy atom. The zero-order valence-corrected chi connectivity index (χ0v) is 20.6. The van der Waals surface area contributed by atoms with Crippen molar-refractivity contribution in [2.75, 3.05) is 51.2 Å². The lowest BCUT2D eigenvalue weighted by atomic mass is 10.2. The summed E-state index contributed by atoms with van der Waals surface area (Å²) in [6.07, 6.45) is 7.62. The van der Waals surface area contributed by atoms with Crippen LogP contribution >= 0.6 is 11.3 Å². The first kappa shape index (κ1) is 25.0. The highest BCUT2D eigenvalue weighted by Crippen LogP contribution is 2.25. The van der Waals surface area contributed by atoms with Crippen LogP contribution in [-0.4, -0.2) is 82.5 Å². The van der Waals surface area contributed by atoms with Crippen molar-refractivity contribution in [2.45, 2.75) is 19.5 Å². The average Bonchev–Trinajstić information content (AvgIpc) is 3.55. The molecule has 0 saturated carbocycles. The number of amides is 2. The molecular weight excluding hydrogens is 469 g/mol. The summed E-state index contributed by atoms with van der Waals surface area (Å²) in [6, 6.07) is 6.08. The van der Waals surface area contributed by atoms with Crippen LogP contribution in [0.2, 0.25) is 0 Å². The number of hydrogen-bond donors (Lipinski definition) is 1. The first-order valence-corrected chi connectivity index (χ1v) is 12.4. The summed E-state index contributed by atoms with van der Waals surface area (Å²) in [5.41, 5.74) is 0.791. The summed E-state index contributed by atoms with van der Waals surface area (Å²) in [7, 11) is 2.07. The van der Waals surface area contributed by atoms with E-state index in [1.54, 1.807) is 29.6 Å². The number of nitrogens with one attached hydrogen (secondary N) is 1. The quantitative estimate of drug-likeness (QED) is 0.430. The Morgan fingerprint density at radius 1 is 1.17 bits per heavy atom. The molecule has 1 aliphatic heterocycles. The van der Waals surface area contributed by atoms with Crippen molar-refractivity contribution in [1.82, 2.24) is 29.7 Å². The van der Waals surface area contributed by atoms with Gasteiger partial charge in [-0.25, -0.2) is 14.4 Å². The van der Waals surface area contributed by atoms with Crippen LogP contribution in [0.1, 0.15) is 21.7 Å². The molecule has 2 amide bonds. The number of hydrogen-bond acceptors (Lipinski definition) is 7. The van der Waals surface area contributed by atoms with Crippen molar-refractivity contribution in [2.24, 2.45) is 0 Å². The van der Waals surface area contributed by atoms with Crippen LogP contribution in [-0.2, 0) is 17.9 Å². The number of imidazole rings is 1. The van der Waals surface area contributed by atoms with Gasteiger partial charge in [-0.15, -0.1) is 0 Å². The van der Waals surface area contributed by atoms with Gasteiger partial charge in [-0.3, -0.25) is 19.4 Å². The summed E-state index contributed by atoms with van der Waals surface area (Å²) in [5, 5.41) is 3.36. The Kier molecular flexibility index (Phi) is 8.56. The SMILES string of the molecule is CN1CCN(CC(=O)N(Cc2ccc(F)cc2)c2ncc(C(=O)NCCCn3ccnc3)s2)CC1. The molecule has 2 aromatic heterocycles. The van der Waals surface area contributed by atoms with E-state index in [1.165, 1.54) is 29.7 Å². The number of carbonyl (C=O) groups is 2. The van der Waals surface area contributed by atoms with Gasteiger partial charge in [0.25, 0.3) is 5.91 Å². The summed E-state index contributed by atoms with van der Waals surface area (Å²) < 4.78 is 15.4. The zero-order valence-electron chi connectivity index (χ0n) is 19.8. The lowest BCUT2D eigenvalue weighted by molar-refractivity contribution is -0.120. The van der Waals surface area contributed by atoms with E-state index >= 15 is 0 Å². The number of piperazine rings is 1. The van der Waals surface area contributed by atoms with E-state index in [9.17, 15) is 14.0 Å². The predicted octanol–water partition coefficient (Wildman–Crippen LogP) is 2.08. The van der Waals surface area contributed by atoms with Gasteiger partial charge >= 0.3 is 0 Å². The number of aryl methyl sites for hydroxylation is 1. The monoisotopic (exact) mass is 499 g/mol. The predicted molar refractivity (Wildman–Crippen MR) is 133 cm³/mol. The Balaban J connectivity index is 1.40. The van der Waals surface area contributed by atoms with Crippen LogP contribution < -0.4 is 10.2 Å². The van der Waals surface area contributed by atoms with Gasteiger partial charge in [-0.2, -0.15) is 0 Å². The van der Waals surface area contributed by atoms with Crippen molar-refractivity contribution >= 4 is 28.3 Å². The molecule has 0 atom stereocenters. The fourth-order valence-corrected chi connectivity index (χ4v) is 4.63. The minimum Gasteiger partial charge on any atom is -0.351 e. The standard InChI is InChI=1S/C24H30FN7O2S/c1-29-11-13-30(14-12-29)17-22(33)32(16-19-3-5-20(25)6-4-19)24-28-15-21(35-24)23(34)27-7-2-9-31-10-8-26-18-31/h3-6,8,10,15,18H,2,7,9,11-14,16-17H2,1H3,(H,27,34). The molecule has 3 aromatic rings. The van der Waals surface area contributed by atoms with Crippen molar-refractivity contribution in [3.05, 3.63) is 65.4 Å². The number of likely N-dealkylation sites (N-methyl/N-ethyl adjacent to an activating group) is 1. The molecule has 1 N–H and O–H groups in total. The smallest absolute Gasteiger partial charge is 0.263 e. The molecular formula is C24H30FN7O2S. The number of carbonyl (C=O) groups excluding carboxylic acids is 2. The Bertz CT molecular complexity index is 1100. The summed E-state index contributed by atoms with van der Waals surface area (Å²) in [6.45, 7) is 5.26. The third kappa shape index (κ3) is 7.17. The molecule has 11 heteroatoms. The summed E-state index contributed by atoms with van der Waals surface area (Å²) in [4.78, 5) is 40.8. The number of anilines is 1. The highest BCUT2D eigenvalue weighted by Gasteiger charge is 2.24. The fourth-order valence-electron chi connectivity index (χ4n) is 3.78. The second-order valence-corrected chi connectivity index (χ2v) is 9.61. The van der Waals surface area contributed by atoms with Crippen LogP contribution in [0.25, 0.3) is 0 Å². The van der Waals surface area contributed by atoms with E-state index in [2.05, 4.69) is 32.1 Å². The van der Waals surface area contributed by atoms with Crippen molar-refractivity contribution in [1.29, 1.82) is 0 Å². The molecule has 1 aromatic carbocycles. The van der Waals surface area contributed by atoms with Gasteiger partial charge in [-0.05, 0) is 31.2 Å². The number of rotatable bonds is 10. The molecule has 4 rings (SSSR count). The second-order valence-electron chi connectivity index (χ2n) is 8.60. The van der Waals surface area contributed by atoms with Crippen LogP contribution in [0, 0.1) is 5.82 Å². The molecule has 3 heterocycles. The lowest BCUT2D eigenvalue weighted by Crippen LogP contribution is -2.48. The lowest BCUT2D eigenvalue weighted by Gasteiger charge is -2.33. The normalized spacial score (nSPS) is 14.7. The van der Waals surface area contributed by atoms with Crippen molar-refractivity contribution in [3.8, 4) is 0 Å². The third-order valence-corrected chi connectivity index (χ3v) is 6.91. The number of aromatic nitrogens is 3. The van der Waals surface area contributed by atoms with Gasteiger partial charge in [0.05, 0.1) is 25.6 Å². The number of thiazole rings is 1. The largest absolute Gasteiger partial charge is 0.351 e. The maximum atomic E-state index is 13.4. The van der Waals surface area contributed by atoms with E-state index in [-0.39, 0.29) is 30.7 Å². The minimum atomic E-state index is -0.328. The van der Waals surface area contributed by atoms with Crippen LogP contribution in [0.5, 0.6) is 0 Å². The topological polar surface area (TPSA) is 86.6 Å². The molecule has 35 heavy (non-hydrogen) atoms. The molecule has 0 aliphatic carbocycles. The van der Waals surface area contributed by atoms with E-state index in [0.717, 1.165) is 44.7 Å². The van der Waals surface area contributed by atoms with Crippen molar-refractivity contribution in [3.63, 3.8) is 0 Å². The van der Waals surface area contributed by atoms with E-state index in [0.29, 0.717) is 16.6 Å². The first-order valence-electron chi connectivity index (χ1n) is 11.6. The molecule has 9 nitrogen and oxygen atoms in total. The maximum Gasteiger partial charge on any atom is 0.263 e. The van der Waals surface area contributed by atoms with Crippen LogP contribution in [0.3, 0.4) is 0 Å². The highest BCUT2D eigenvalue weighted by atomic mass is 32.1. The number of benzene rings is 1. The van der Waals surface area contributed by atoms with Gasteiger partial charge < -0.3 is 14.8 Å². The van der Waals surface area contributed by atoms with Gasteiger partial charge in [0.15, 0.2) is 5.13 Å². The fraction of sp³-hybridized carbons (Fsp3) is 0.417. The van der Waals surface area contributed by atoms with E-state index < -0.39 is 0 Å². The van der Waals surface area contributed by atoms with Gasteiger partial charge in [0, 0.05) is 51.7 Å². The van der Waals surface area contributed by atoms with E-state index in [1.807, 2.05) is 10.8 Å².